The highest BCUT2D eigenvalue weighted by atomic mass is 16.5. The van der Waals surface area contributed by atoms with E-state index < -0.39 is 0 Å². The maximum atomic E-state index is 12.6. The van der Waals surface area contributed by atoms with E-state index in [1.807, 2.05) is 30.3 Å². The van der Waals surface area contributed by atoms with E-state index in [2.05, 4.69) is 40.5 Å². The average Bonchev–Trinajstić information content (AvgIpc) is 3.00. The number of nitrogens with one attached hydrogen (secondary N) is 1. The minimum Gasteiger partial charge on any atom is -0.371 e. The minimum absolute atomic E-state index is 0.0227. The van der Waals surface area contributed by atoms with Crippen molar-refractivity contribution in [3.63, 3.8) is 0 Å². The summed E-state index contributed by atoms with van der Waals surface area (Å²) in [5.41, 5.74) is 2.50. The van der Waals surface area contributed by atoms with Gasteiger partial charge in [-0.3, -0.25) is 9.69 Å². The number of likely N-dealkylation sites (tertiary alicyclic amines) is 1. The van der Waals surface area contributed by atoms with E-state index in [0.29, 0.717) is 6.54 Å². The van der Waals surface area contributed by atoms with Gasteiger partial charge in [0.25, 0.3) is 0 Å². The molecule has 136 valence electrons. The summed E-state index contributed by atoms with van der Waals surface area (Å²) in [5, 5.41) is 3.09. The standard InChI is InChI=1S/C22H26N2O2/c25-22(23-14-18-9-5-2-6-10-18)20-13-19-15-24(16-21(20)26-19)12-11-17-7-3-1-4-8-17/h1-10,19-21H,11-16H2,(H,23,25)/t19-,20+,21+/m0/s1. The molecule has 2 aromatic carbocycles. The van der Waals surface area contributed by atoms with E-state index in [9.17, 15) is 4.79 Å². The first-order valence-electron chi connectivity index (χ1n) is 9.51. The van der Waals surface area contributed by atoms with Crippen LogP contribution in [0.5, 0.6) is 0 Å². The summed E-state index contributed by atoms with van der Waals surface area (Å²) in [7, 11) is 0. The maximum Gasteiger partial charge on any atom is 0.226 e. The van der Waals surface area contributed by atoms with E-state index in [1.165, 1.54) is 5.56 Å². The molecule has 2 saturated heterocycles. The molecule has 1 amide bonds. The second-order valence-corrected chi connectivity index (χ2v) is 7.34. The Hall–Kier alpha value is -2.17. The van der Waals surface area contributed by atoms with Crippen LogP contribution in [0.15, 0.2) is 60.7 Å². The first-order valence-corrected chi connectivity index (χ1v) is 9.51. The van der Waals surface area contributed by atoms with Crippen molar-refractivity contribution in [3.8, 4) is 0 Å². The third-order valence-electron chi connectivity index (χ3n) is 5.44. The fourth-order valence-electron chi connectivity index (χ4n) is 4.04. The number of rotatable bonds is 6. The number of hydrogen-bond donors (Lipinski definition) is 1. The topological polar surface area (TPSA) is 41.6 Å². The predicted octanol–water partition coefficient (Wildman–Crippen LogP) is 2.63. The van der Waals surface area contributed by atoms with Gasteiger partial charge in [-0.15, -0.1) is 0 Å². The fourth-order valence-corrected chi connectivity index (χ4v) is 4.04. The lowest BCUT2D eigenvalue weighted by atomic mass is 9.99. The van der Waals surface area contributed by atoms with Crippen LogP contribution >= 0.6 is 0 Å². The lowest BCUT2D eigenvalue weighted by Crippen LogP contribution is -2.46. The van der Waals surface area contributed by atoms with Gasteiger partial charge >= 0.3 is 0 Å². The molecular formula is C22H26N2O2. The second-order valence-electron chi connectivity index (χ2n) is 7.34. The third kappa shape index (κ3) is 4.14. The van der Waals surface area contributed by atoms with Crippen LogP contribution in [0.2, 0.25) is 0 Å². The minimum atomic E-state index is -0.0227. The van der Waals surface area contributed by atoms with Crippen LogP contribution in [0.25, 0.3) is 0 Å². The zero-order valence-corrected chi connectivity index (χ0v) is 15.0. The molecule has 0 saturated carbocycles. The molecular weight excluding hydrogens is 324 g/mol. The van der Waals surface area contributed by atoms with E-state index in [-0.39, 0.29) is 24.0 Å². The number of carbonyl (C=O) groups excluding carboxylic acids is 1. The normalized spacial score (nSPS) is 25.2. The molecule has 2 bridgehead atoms. The first-order chi connectivity index (χ1) is 12.8. The molecule has 3 atom stereocenters. The third-order valence-corrected chi connectivity index (χ3v) is 5.44. The summed E-state index contributed by atoms with van der Waals surface area (Å²) in [6.45, 7) is 3.41. The zero-order valence-electron chi connectivity index (χ0n) is 15.0. The molecule has 26 heavy (non-hydrogen) atoms. The molecule has 0 radical (unpaired) electrons. The van der Waals surface area contributed by atoms with Gasteiger partial charge in [-0.1, -0.05) is 60.7 Å². The Morgan fingerprint density at radius 2 is 1.69 bits per heavy atom. The Kier molecular flexibility index (Phi) is 5.32. The Morgan fingerprint density at radius 1 is 1.00 bits per heavy atom. The largest absolute Gasteiger partial charge is 0.371 e. The highest BCUT2D eigenvalue weighted by molar-refractivity contribution is 5.79. The molecule has 2 heterocycles. The van der Waals surface area contributed by atoms with Crippen LogP contribution in [-0.4, -0.2) is 42.6 Å². The molecule has 4 heteroatoms. The number of amides is 1. The maximum absolute atomic E-state index is 12.6. The van der Waals surface area contributed by atoms with Gasteiger partial charge in [0.2, 0.25) is 5.91 Å². The SMILES string of the molecule is O=C(NCc1ccccc1)[C@@H]1C[C@H]2CN(CCc3ccccc3)C[C@H]1O2. The van der Waals surface area contributed by atoms with Gasteiger partial charge in [-0.25, -0.2) is 0 Å². The molecule has 2 aromatic rings. The highest BCUT2D eigenvalue weighted by Gasteiger charge is 2.44. The summed E-state index contributed by atoms with van der Waals surface area (Å²) in [6.07, 6.45) is 2.11. The zero-order chi connectivity index (χ0) is 17.8. The molecule has 2 fully saturated rings. The number of carbonyl (C=O) groups is 1. The van der Waals surface area contributed by atoms with Gasteiger partial charge < -0.3 is 10.1 Å². The van der Waals surface area contributed by atoms with Crippen molar-refractivity contribution in [3.05, 3.63) is 71.8 Å². The van der Waals surface area contributed by atoms with Gasteiger partial charge in [0.05, 0.1) is 18.1 Å². The van der Waals surface area contributed by atoms with Gasteiger partial charge in [-0.05, 0) is 24.0 Å². The van der Waals surface area contributed by atoms with Gasteiger partial charge in [0, 0.05) is 26.2 Å². The van der Waals surface area contributed by atoms with E-state index >= 15 is 0 Å². The number of ether oxygens (including phenoxy) is 1. The number of morpholine rings is 1. The molecule has 4 nitrogen and oxygen atoms in total. The lowest BCUT2D eigenvalue weighted by Gasteiger charge is -2.32. The van der Waals surface area contributed by atoms with Crippen molar-refractivity contribution in [2.45, 2.75) is 31.6 Å². The second kappa shape index (κ2) is 8.02. The molecule has 0 aliphatic carbocycles. The van der Waals surface area contributed by atoms with Crippen LogP contribution < -0.4 is 5.32 Å². The number of fused-ring (bicyclic) bond motifs is 2. The molecule has 4 rings (SSSR count). The summed E-state index contributed by atoms with van der Waals surface area (Å²) in [5.74, 6) is 0.108. The summed E-state index contributed by atoms with van der Waals surface area (Å²) < 4.78 is 6.06. The van der Waals surface area contributed by atoms with E-state index in [1.54, 1.807) is 0 Å². The Labute approximate surface area is 155 Å². The molecule has 2 aliphatic heterocycles. The average molecular weight is 350 g/mol. The number of nitrogens with zero attached hydrogens (tertiary/aromatic N) is 1. The van der Waals surface area contributed by atoms with Crippen molar-refractivity contribution in [1.82, 2.24) is 10.2 Å². The van der Waals surface area contributed by atoms with Crippen LogP contribution in [-0.2, 0) is 22.5 Å². The Balaban J connectivity index is 1.28. The van der Waals surface area contributed by atoms with Crippen molar-refractivity contribution >= 4 is 5.91 Å². The lowest BCUT2D eigenvalue weighted by molar-refractivity contribution is -0.128. The van der Waals surface area contributed by atoms with E-state index in [4.69, 9.17) is 4.74 Å². The molecule has 2 aliphatic rings. The smallest absolute Gasteiger partial charge is 0.226 e. The number of hydrogen-bond acceptors (Lipinski definition) is 3. The number of benzene rings is 2. The first kappa shape index (κ1) is 17.3. The van der Waals surface area contributed by atoms with E-state index in [0.717, 1.165) is 38.0 Å². The van der Waals surface area contributed by atoms with Crippen LogP contribution in [0, 0.1) is 5.92 Å². The van der Waals surface area contributed by atoms with Crippen molar-refractivity contribution in [2.75, 3.05) is 19.6 Å². The van der Waals surface area contributed by atoms with Crippen LogP contribution in [0.1, 0.15) is 17.5 Å². The quantitative estimate of drug-likeness (QED) is 0.871. The summed E-state index contributed by atoms with van der Waals surface area (Å²) in [6, 6.07) is 20.6. The van der Waals surface area contributed by atoms with Crippen molar-refractivity contribution in [2.24, 2.45) is 5.92 Å². The fraction of sp³-hybridized carbons (Fsp3) is 0.409. The monoisotopic (exact) mass is 350 g/mol. The van der Waals surface area contributed by atoms with Crippen molar-refractivity contribution in [1.29, 1.82) is 0 Å². The van der Waals surface area contributed by atoms with Crippen LogP contribution in [0.3, 0.4) is 0 Å². The van der Waals surface area contributed by atoms with Gasteiger partial charge in [0.1, 0.15) is 0 Å². The van der Waals surface area contributed by atoms with Gasteiger partial charge in [-0.2, -0.15) is 0 Å². The molecule has 0 unspecified atom stereocenters. The Morgan fingerprint density at radius 3 is 2.42 bits per heavy atom. The van der Waals surface area contributed by atoms with Crippen LogP contribution in [0.4, 0.5) is 0 Å². The predicted molar refractivity (Wildman–Crippen MR) is 102 cm³/mol. The highest BCUT2D eigenvalue weighted by Crippen LogP contribution is 2.32. The summed E-state index contributed by atoms with van der Waals surface area (Å²) in [4.78, 5) is 15.1. The summed E-state index contributed by atoms with van der Waals surface area (Å²) >= 11 is 0. The van der Waals surface area contributed by atoms with Gasteiger partial charge in [0.15, 0.2) is 0 Å². The molecule has 1 N–H and O–H groups in total. The molecule has 0 spiro atoms. The van der Waals surface area contributed by atoms with Crippen molar-refractivity contribution < 1.29 is 9.53 Å². The Bertz CT molecular complexity index is 719. The molecule has 0 aromatic heterocycles.